The van der Waals surface area contributed by atoms with Gasteiger partial charge in [-0.15, -0.1) is 0 Å². The van der Waals surface area contributed by atoms with Crippen LogP contribution >= 0.6 is 0 Å². The maximum atomic E-state index is 8.74. The minimum atomic E-state index is -4.67. The van der Waals surface area contributed by atoms with E-state index in [-0.39, 0.29) is 49.8 Å². The molecule has 81 valence electrons. The second-order valence-electron chi connectivity index (χ2n) is 0.730. The molecule has 0 amide bonds. The van der Waals surface area contributed by atoms with Gasteiger partial charge in [0.15, 0.2) is 0 Å². The van der Waals surface area contributed by atoms with Crippen molar-refractivity contribution < 1.29 is 55.1 Å². The van der Waals surface area contributed by atoms with Crippen molar-refractivity contribution in [1.29, 1.82) is 0 Å². The van der Waals surface area contributed by atoms with Gasteiger partial charge in [-0.25, -0.2) is 4.79 Å². The Morgan fingerprint density at radius 1 is 1.08 bits per heavy atom. The summed E-state index contributed by atoms with van der Waals surface area (Å²) in [5, 5.41) is 13.9. The molecule has 0 atom stereocenters. The number of carboxylic acid groups (broad SMARTS) is 2. The molecule has 0 rings (SSSR count). The molecular formula is CH8CuO8PbS. The maximum absolute atomic E-state index is 8.74. The number of hydrogen-bond donors (Lipinski definition) is 4. The van der Waals surface area contributed by atoms with Gasteiger partial charge in [0.25, 0.3) is 0 Å². The van der Waals surface area contributed by atoms with Gasteiger partial charge in [-0.1, -0.05) is 0 Å². The molecule has 3 radical (unpaired) electrons. The minimum absolute atomic E-state index is 0. The summed E-state index contributed by atoms with van der Waals surface area (Å²) in [5.41, 5.74) is 0. The summed E-state index contributed by atoms with van der Waals surface area (Å²) >= 11 is 0. The third-order valence-corrected chi connectivity index (χ3v) is 0. The molecule has 6 N–H and O–H groups in total. The topological polar surface area (TPSA) is 164 Å². The van der Waals surface area contributed by atoms with E-state index < -0.39 is 16.6 Å². The second-order valence-corrected chi connectivity index (χ2v) is 1.63. The quantitative estimate of drug-likeness (QED) is 0.241. The fourth-order valence-corrected chi connectivity index (χ4v) is 0. The SMILES string of the molecule is O.O=C(O)O.O=S(=O)(O)O.[Cu].[PbH2]. The van der Waals surface area contributed by atoms with E-state index in [9.17, 15) is 0 Å². The van der Waals surface area contributed by atoms with Crippen LogP contribution in [-0.4, -0.2) is 66.7 Å². The Labute approximate surface area is 98.5 Å². The molecule has 0 bridgehead atoms. The average molecular weight is 451 g/mol. The Morgan fingerprint density at radius 2 is 1.08 bits per heavy atom. The van der Waals surface area contributed by atoms with Crippen LogP contribution in [0.1, 0.15) is 0 Å². The Hall–Kier alpha value is 0.542. The summed E-state index contributed by atoms with van der Waals surface area (Å²) in [6.45, 7) is 0. The Balaban J connectivity index is -0.0000000221. The van der Waals surface area contributed by atoms with Gasteiger partial charge in [0.1, 0.15) is 0 Å². The van der Waals surface area contributed by atoms with E-state index in [1.54, 1.807) is 0 Å². The average Bonchev–Trinajstić information content (AvgIpc) is 1.19. The van der Waals surface area contributed by atoms with Crippen LogP contribution in [0.15, 0.2) is 0 Å². The number of rotatable bonds is 0. The molecule has 8 nitrogen and oxygen atoms in total. The number of carbonyl (C=O) groups is 1. The van der Waals surface area contributed by atoms with Crippen LogP contribution in [-0.2, 0) is 27.5 Å². The van der Waals surface area contributed by atoms with Crippen LogP contribution in [0.25, 0.3) is 0 Å². The standard InChI is InChI=1S/CH2O3.Cu.H2O4S.H2O.Pb.2H/c2-1(3)4;;1-5(2,3)4;;;;/h(H2,2,3,4);;(H2,1,2,3,4);1H2;;;. The van der Waals surface area contributed by atoms with Gasteiger partial charge in [0, 0.05) is 17.1 Å². The molecule has 0 saturated heterocycles. The fourth-order valence-electron chi connectivity index (χ4n) is 0. The van der Waals surface area contributed by atoms with Crippen LogP contribution < -0.4 is 0 Å². The van der Waals surface area contributed by atoms with E-state index in [2.05, 4.69) is 0 Å². The molecular weight excluding hydrogens is 443 g/mol. The fraction of sp³-hybridized carbons (Fsp3) is 0. The van der Waals surface area contributed by atoms with E-state index in [1.807, 2.05) is 0 Å². The first-order valence-electron chi connectivity index (χ1n) is 1.35. The van der Waals surface area contributed by atoms with Crippen molar-refractivity contribution in [3.05, 3.63) is 0 Å². The summed E-state index contributed by atoms with van der Waals surface area (Å²) < 4.78 is 31.6. The van der Waals surface area contributed by atoms with Crippen molar-refractivity contribution >= 4 is 43.9 Å². The van der Waals surface area contributed by atoms with Gasteiger partial charge in [-0.2, -0.15) is 8.42 Å². The molecule has 0 aromatic heterocycles. The molecule has 0 spiro atoms. The van der Waals surface area contributed by atoms with Crippen molar-refractivity contribution in [2.24, 2.45) is 0 Å². The predicted octanol–water partition coefficient (Wildman–Crippen LogP) is -2.17. The first-order valence-corrected chi connectivity index (χ1v) is 2.75. The monoisotopic (exact) mass is 451 g/mol. The van der Waals surface area contributed by atoms with Crippen molar-refractivity contribution in [3.63, 3.8) is 0 Å². The summed E-state index contributed by atoms with van der Waals surface area (Å²) in [5.74, 6) is 0. The summed E-state index contributed by atoms with van der Waals surface area (Å²) in [7, 11) is -4.67. The Morgan fingerprint density at radius 3 is 1.08 bits per heavy atom. The summed E-state index contributed by atoms with van der Waals surface area (Å²) in [6, 6.07) is 0. The molecule has 0 unspecified atom stereocenters. The molecule has 0 aliphatic carbocycles. The van der Waals surface area contributed by atoms with Crippen LogP contribution in [0.2, 0.25) is 0 Å². The van der Waals surface area contributed by atoms with Crippen LogP contribution in [0.3, 0.4) is 0 Å². The van der Waals surface area contributed by atoms with E-state index >= 15 is 0 Å². The zero-order chi connectivity index (χ0) is 8.08. The van der Waals surface area contributed by atoms with Crippen molar-refractivity contribution in [2.45, 2.75) is 0 Å². The molecule has 0 fully saturated rings. The normalized spacial score (nSPS) is 6.83. The van der Waals surface area contributed by atoms with Crippen LogP contribution in [0.5, 0.6) is 0 Å². The van der Waals surface area contributed by atoms with Crippen molar-refractivity contribution in [3.8, 4) is 0 Å². The van der Waals surface area contributed by atoms with Gasteiger partial charge in [0.2, 0.25) is 0 Å². The van der Waals surface area contributed by atoms with Crippen molar-refractivity contribution in [1.82, 2.24) is 0 Å². The van der Waals surface area contributed by atoms with E-state index in [0.29, 0.717) is 0 Å². The number of hydrogen-bond acceptors (Lipinski definition) is 3. The zero-order valence-electron chi connectivity index (χ0n) is 5.43. The third-order valence-electron chi connectivity index (χ3n) is 0. The van der Waals surface area contributed by atoms with Gasteiger partial charge >= 0.3 is 43.9 Å². The molecule has 0 aliphatic heterocycles. The van der Waals surface area contributed by atoms with E-state index in [0.717, 1.165) is 0 Å². The Bertz CT molecular complexity index is 161. The molecule has 0 aromatic carbocycles. The van der Waals surface area contributed by atoms with Gasteiger partial charge in [-0.05, 0) is 0 Å². The molecule has 11 heteroatoms. The van der Waals surface area contributed by atoms with Crippen LogP contribution in [0.4, 0.5) is 4.79 Å². The van der Waals surface area contributed by atoms with E-state index in [4.69, 9.17) is 32.5 Å². The third kappa shape index (κ3) is 3270. The van der Waals surface area contributed by atoms with E-state index in [1.165, 1.54) is 0 Å². The second kappa shape index (κ2) is 14.1. The summed E-state index contributed by atoms with van der Waals surface area (Å²) in [4.78, 5) is 8.56. The summed E-state index contributed by atoms with van der Waals surface area (Å²) in [6.07, 6.45) is -1.83. The predicted molar refractivity (Wildman–Crippen MR) is 37.0 cm³/mol. The molecule has 12 heavy (non-hydrogen) atoms. The Kier molecular flexibility index (Phi) is 34.5. The van der Waals surface area contributed by atoms with Crippen molar-refractivity contribution in [2.75, 3.05) is 0 Å². The molecule has 0 heterocycles. The van der Waals surface area contributed by atoms with Gasteiger partial charge in [0.05, 0.1) is 0 Å². The first-order chi connectivity index (χ1) is 3.73. The molecule has 0 aromatic rings. The zero-order valence-corrected chi connectivity index (χ0v) is 12.7. The molecule has 0 aliphatic rings. The van der Waals surface area contributed by atoms with Gasteiger partial charge in [-0.3, -0.25) is 9.11 Å². The molecule has 0 saturated carbocycles. The van der Waals surface area contributed by atoms with Crippen LogP contribution in [0, 0.1) is 0 Å². The van der Waals surface area contributed by atoms with Gasteiger partial charge < -0.3 is 15.7 Å². The first kappa shape index (κ1) is 29.4.